The number of benzene rings is 3. The number of hydrogen-bond acceptors (Lipinski definition) is 4. The summed E-state index contributed by atoms with van der Waals surface area (Å²) >= 11 is 0. The van der Waals surface area contributed by atoms with Crippen LogP contribution in [0.5, 0.6) is 5.75 Å². The van der Waals surface area contributed by atoms with Crippen molar-refractivity contribution in [2.24, 2.45) is 5.14 Å². The average Bonchev–Trinajstić information content (AvgIpc) is 2.72. The molecule has 0 radical (unpaired) electrons. The molecule has 6 nitrogen and oxygen atoms in total. The van der Waals surface area contributed by atoms with Crippen LogP contribution in [0.25, 0.3) is 0 Å². The molecule has 0 aliphatic heterocycles. The Morgan fingerprint density at radius 3 is 2.03 bits per heavy atom. The van der Waals surface area contributed by atoms with Crippen molar-refractivity contribution in [2.75, 3.05) is 5.32 Å². The standard InChI is InChI=1S/C22H22N2O4S/c1-2-16-5-11-20(12-6-16)28-15-17-3-7-18(8-4-17)22(25)24-19-9-13-21(14-10-19)29(23,26)27/h3-14H,2,15H2,1H3,(H,24,25)(H2,23,26,27). The second-order valence-electron chi connectivity index (χ2n) is 6.51. The molecule has 3 aromatic rings. The minimum atomic E-state index is -3.76. The molecule has 0 heterocycles. The average molecular weight is 410 g/mol. The highest BCUT2D eigenvalue weighted by Gasteiger charge is 2.09. The number of carbonyl (C=O) groups is 1. The van der Waals surface area contributed by atoms with Crippen LogP contribution < -0.4 is 15.2 Å². The number of primary sulfonamides is 1. The van der Waals surface area contributed by atoms with Crippen LogP contribution in [0, 0.1) is 0 Å². The maximum Gasteiger partial charge on any atom is 0.255 e. The van der Waals surface area contributed by atoms with Gasteiger partial charge in [-0.1, -0.05) is 31.2 Å². The Labute approximate surface area is 170 Å². The minimum Gasteiger partial charge on any atom is -0.489 e. The van der Waals surface area contributed by atoms with Gasteiger partial charge in [0, 0.05) is 11.3 Å². The fraction of sp³-hybridized carbons (Fsp3) is 0.136. The first-order valence-corrected chi connectivity index (χ1v) is 10.6. The summed E-state index contributed by atoms with van der Waals surface area (Å²) in [4.78, 5) is 12.4. The van der Waals surface area contributed by atoms with Gasteiger partial charge in [0.15, 0.2) is 0 Å². The Morgan fingerprint density at radius 1 is 0.897 bits per heavy atom. The fourth-order valence-corrected chi connectivity index (χ4v) is 3.19. The number of rotatable bonds is 7. The number of anilines is 1. The molecule has 0 spiro atoms. The van der Waals surface area contributed by atoms with E-state index in [4.69, 9.17) is 9.88 Å². The molecule has 0 atom stereocenters. The van der Waals surface area contributed by atoms with Crippen LogP contribution in [-0.2, 0) is 23.1 Å². The molecule has 29 heavy (non-hydrogen) atoms. The smallest absolute Gasteiger partial charge is 0.255 e. The lowest BCUT2D eigenvalue weighted by molar-refractivity contribution is 0.102. The Bertz CT molecular complexity index is 1080. The third-order valence-electron chi connectivity index (χ3n) is 4.39. The van der Waals surface area contributed by atoms with Crippen molar-refractivity contribution in [2.45, 2.75) is 24.8 Å². The van der Waals surface area contributed by atoms with E-state index in [0.717, 1.165) is 17.7 Å². The van der Waals surface area contributed by atoms with E-state index in [1.54, 1.807) is 12.1 Å². The van der Waals surface area contributed by atoms with Crippen LogP contribution in [0.2, 0.25) is 0 Å². The number of amides is 1. The van der Waals surface area contributed by atoms with E-state index in [2.05, 4.69) is 12.2 Å². The molecule has 0 saturated heterocycles. The lowest BCUT2D eigenvalue weighted by atomic mass is 10.1. The van der Waals surface area contributed by atoms with Gasteiger partial charge in [0.2, 0.25) is 10.0 Å². The second kappa shape index (κ2) is 8.89. The third kappa shape index (κ3) is 5.66. The van der Waals surface area contributed by atoms with Crippen molar-refractivity contribution >= 4 is 21.6 Å². The molecule has 7 heteroatoms. The molecule has 0 unspecified atom stereocenters. The van der Waals surface area contributed by atoms with Crippen LogP contribution in [0.1, 0.15) is 28.4 Å². The van der Waals surface area contributed by atoms with Crippen LogP contribution in [-0.4, -0.2) is 14.3 Å². The molecule has 3 aromatic carbocycles. The van der Waals surface area contributed by atoms with Gasteiger partial charge in [-0.15, -0.1) is 0 Å². The van der Waals surface area contributed by atoms with Crippen molar-refractivity contribution in [3.63, 3.8) is 0 Å². The largest absolute Gasteiger partial charge is 0.489 e. The number of ether oxygens (including phenoxy) is 1. The summed E-state index contributed by atoms with van der Waals surface area (Å²) in [6, 6.07) is 20.7. The molecule has 0 bridgehead atoms. The van der Waals surface area contributed by atoms with Crippen LogP contribution in [0.3, 0.4) is 0 Å². The Balaban J connectivity index is 1.58. The molecule has 0 saturated carbocycles. The third-order valence-corrected chi connectivity index (χ3v) is 5.32. The number of sulfonamides is 1. The Hall–Kier alpha value is -3.16. The quantitative estimate of drug-likeness (QED) is 0.620. The minimum absolute atomic E-state index is 0.0100. The van der Waals surface area contributed by atoms with Crippen molar-refractivity contribution in [1.82, 2.24) is 0 Å². The molecular weight excluding hydrogens is 388 g/mol. The van der Waals surface area contributed by atoms with E-state index in [1.165, 1.54) is 29.8 Å². The summed E-state index contributed by atoms with van der Waals surface area (Å²) in [5.74, 6) is 0.503. The zero-order valence-corrected chi connectivity index (χ0v) is 16.8. The Morgan fingerprint density at radius 2 is 1.48 bits per heavy atom. The van der Waals surface area contributed by atoms with Gasteiger partial charge in [-0.25, -0.2) is 13.6 Å². The first-order valence-electron chi connectivity index (χ1n) is 9.10. The highest BCUT2D eigenvalue weighted by Crippen LogP contribution is 2.16. The van der Waals surface area contributed by atoms with E-state index in [0.29, 0.717) is 17.9 Å². The first-order chi connectivity index (χ1) is 13.8. The maximum absolute atomic E-state index is 12.4. The number of hydrogen-bond donors (Lipinski definition) is 2. The molecule has 3 N–H and O–H groups in total. The van der Waals surface area contributed by atoms with Gasteiger partial charge in [0.25, 0.3) is 5.91 Å². The number of aryl methyl sites for hydroxylation is 1. The number of nitrogens with two attached hydrogens (primary N) is 1. The predicted octanol–water partition coefficient (Wildman–Crippen LogP) is 3.73. The Kier molecular flexibility index (Phi) is 6.31. The molecule has 1 amide bonds. The highest BCUT2D eigenvalue weighted by molar-refractivity contribution is 7.89. The maximum atomic E-state index is 12.4. The van der Waals surface area contributed by atoms with E-state index in [1.807, 2.05) is 36.4 Å². The van der Waals surface area contributed by atoms with Gasteiger partial charge in [0.1, 0.15) is 12.4 Å². The first kappa shape index (κ1) is 20.6. The predicted molar refractivity (Wildman–Crippen MR) is 112 cm³/mol. The summed E-state index contributed by atoms with van der Waals surface area (Å²) in [5, 5.41) is 7.78. The van der Waals surface area contributed by atoms with Crippen molar-refractivity contribution in [3.05, 3.63) is 89.5 Å². The van der Waals surface area contributed by atoms with Gasteiger partial charge in [-0.3, -0.25) is 4.79 Å². The van der Waals surface area contributed by atoms with Crippen molar-refractivity contribution in [1.29, 1.82) is 0 Å². The van der Waals surface area contributed by atoms with E-state index >= 15 is 0 Å². The lowest BCUT2D eigenvalue weighted by Gasteiger charge is -2.09. The van der Waals surface area contributed by atoms with Crippen LogP contribution in [0.15, 0.2) is 77.7 Å². The van der Waals surface area contributed by atoms with Gasteiger partial charge in [0.05, 0.1) is 4.90 Å². The zero-order chi connectivity index (χ0) is 20.9. The monoisotopic (exact) mass is 410 g/mol. The molecular formula is C22H22N2O4S. The lowest BCUT2D eigenvalue weighted by Crippen LogP contribution is -2.14. The fourth-order valence-electron chi connectivity index (χ4n) is 2.67. The SMILES string of the molecule is CCc1ccc(OCc2ccc(C(=O)Nc3ccc(S(N)(=O)=O)cc3)cc2)cc1. The number of nitrogens with one attached hydrogen (secondary N) is 1. The van der Waals surface area contributed by atoms with Crippen molar-refractivity contribution in [3.8, 4) is 5.75 Å². The van der Waals surface area contributed by atoms with Gasteiger partial charge >= 0.3 is 0 Å². The second-order valence-corrected chi connectivity index (χ2v) is 8.07. The summed E-state index contributed by atoms with van der Waals surface area (Å²) in [7, 11) is -3.76. The topological polar surface area (TPSA) is 98.5 Å². The van der Waals surface area contributed by atoms with Gasteiger partial charge in [-0.2, -0.15) is 0 Å². The highest BCUT2D eigenvalue weighted by atomic mass is 32.2. The molecule has 0 fully saturated rings. The molecule has 0 aliphatic carbocycles. The van der Waals surface area contributed by atoms with E-state index in [9.17, 15) is 13.2 Å². The van der Waals surface area contributed by atoms with Gasteiger partial charge < -0.3 is 10.1 Å². The van der Waals surface area contributed by atoms with E-state index < -0.39 is 10.0 Å². The number of carbonyl (C=O) groups excluding carboxylic acids is 1. The summed E-state index contributed by atoms with van der Waals surface area (Å²) < 4.78 is 28.3. The normalized spacial score (nSPS) is 11.1. The van der Waals surface area contributed by atoms with E-state index in [-0.39, 0.29) is 10.8 Å². The summed E-state index contributed by atoms with van der Waals surface area (Å²) in [6.07, 6.45) is 0.986. The molecule has 3 rings (SSSR count). The molecule has 0 aliphatic rings. The van der Waals surface area contributed by atoms with Crippen LogP contribution >= 0.6 is 0 Å². The van der Waals surface area contributed by atoms with Crippen LogP contribution in [0.4, 0.5) is 5.69 Å². The summed E-state index contributed by atoms with van der Waals surface area (Å²) in [6.45, 7) is 2.51. The molecule has 150 valence electrons. The zero-order valence-electron chi connectivity index (χ0n) is 16.0. The summed E-state index contributed by atoms with van der Waals surface area (Å²) in [5.41, 5.74) is 3.16. The van der Waals surface area contributed by atoms with Gasteiger partial charge in [-0.05, 0) is 66.1 Å². The van der Waals surface area contributed by atoms with Crippen molar-refractivity contribution < 1.29 is 17.9 Å². The molecule has 0 aromatic heterocycles.